The third kappa shape index (κ3) is 2.68. The quantitative estimate of drug-likeness (QED) is 0.723. The molecule has 0 saturated heterocycles. The van der Waals surface area contributed by atoms with Gasteiger partial charge in [-0.15, -0.1) is 0 Å². The van der Waals surface area contributed by atoms with Crippen LogP contribution in [0.25, 0.3) is 6.08 Å². The molecule has 0 radical (unpaired) electrons. The molecule has 0 aliphatic rings. The molecule has 0 fully saturated rings. The highest BCUT2D eigenvalue weighted by atomic mass is 14.7. The average Bonchev–Trinajstić information content (AvgIpc) is 2.18. The van der Waals surface area contributed by atoms with Gasteiger partial charge in [0.05, 0.1) is 0 Å². The van der Waals surface area contributed by atoms with Crippen molar-refractivity contribution in [2.24, 2.45) is 11.5 Å². The lowest BCUT2D eigenvalue weighted by atomic mass is 10.0. The molecule has 0 heterocycles. The molecule has 0 aliphatic carbocycles. The highest BCUT2D eigenvalue weighted by Gasteiger charge is 2.03. The molecule has 0 spiro atoms. The molecule has 1 aromatic carbocycles. The minimum absolute atomic E-state index is 0.0427. The lowest BCUT2D eigenvalue weighted by Crippen LogP contribution is -2.31. The molecule has 0 bridgehead atoms. The number of hydrogen-bond donors (Lipinski definition) is 2. The Bertz CT molecular complexity index is 281. The monoisotopic (exact) mass is 176 g/mol. The molecule has 70 valence electrons. The van der Waals surface area contributed by atoms with Crippen LogP contribution in [0.15, 0.2) is 30.8 Å². The third-order valence-corrected chi connectivity index (χ3v) is 2.06. The Kier molecular flexibility index (Phi) is 3.68. The van der Waals surface area contributed by atoms with Crippen molar-refractivity contribution < 1.29 is 0 Å². The van der Waals surface area contributed by atoms with Crippen molar-refractivity contribution in [1.82, 2.24) is 0 Å². The van der Waals surface area contributed by atoms with Crippen molar-refractivity contribution in [3.8, 4) is 0 Å². The minimum Gasteiger partial charge on any atom is -0.329 e. The van der Waals surface area contributed by atoms with Crippen LogP contribution in [0.1, 0.15) is 11.1 Å². The average molecular weight is 176 g/mol. The summed E-state index contributed by atoms with van der Waals surface area (Å²) in [5, 5.41) is 0. The van der Waals surface area contributed by atoms with Gasteiger partial charge in [0.15, 0.2) is 0 Å². The maximum atomic E-state index is 5.77. The Morgan fingerprint density at radius 1 is 1.38 bits per heavy atom. The number of rotatable bonds is 4. The van der Waals surface area contributed by atoms with Gasteiger partial charge in [0, 0.05) is 12.6 Å². The van der Waals surface area contributed by atoms with Gasteiger partial charge < -0.3 is 11.5 Å². The highest BCUT2D eigenvalue weighted by Crippen LogP contribution is 2.11. The first-order valence-electron chi connectivity index (χ1n) is 4.44. The normalized spacial score (nSPS) is 12.5. The molecule has 0 aromatic heterocycles. The van der Waals surface area contributed by atoms with E-state index in [1.54, 1.807) is 0 Å². The van der Waals surface area contributed by atoms with Crippen LogP contribution >= 0.6 is 0 Å². The van der Waals surface area contributed by atoms with E-state index in [9.17, 15) is 0 Å². The van der Waals surface area contributed by atoms with Crippen molar-refractivity contribution in [1.29, 1.82) is 0 Å². The summed E-state index contributed by atoms with van der Waals surface area (Å²) in [5.74, 6) is 0. The summed E-state index contributed by atoms with van der Waals surface area (Å²) in [4.78, 5) is 0. The molecule has 13 heavy (non-hydrogen) atoms. The molecule has 1 aromatic rings. The maximum absolute atomic E-state index is 5.77. The van der Waals surface area contributed by atoms with Gasteiger partial charge >= 0.3 is 0 Å². The molecular weight excluding hydrogens is 160 g/mol. The Morgan fingerprint density at radius 3 is 2.69 bits per heavy atom. The fraction of sp³-hybridized carbons (Fsp3) is 0.273. The third-order valence-electron chi connectivity index (χ3n) is 2.06. The van der Waals surface area contributed by atoms with Gasteiger partial charge in [0.1, 0.15) is 0 Å². The minimum atomic E-state index is 0.0427. The maximum Gasteiger partial charge on any atom is 0.0204 e. The van der Waals surface area contributed by atoms with Gasteiger partial charge in [0.2, 0.25) is 0 Å². The predicted octanol–water partition coefficient (Wildman–Crippen LogP) is 1.16. The molecule has 1 rings (SSSR count). The van der Waals surface area contributed by atoms with Crippen molar-refractivity contribution in [3.63, 3.8) is 0 Å². The van der Waals surface area contributed by atoms with E-state index < -0.39 is 0 Å². The van der Waals surface area contributed by atoms with Crippen molar-refractivity contribution in [2.45, 2.75) is 12.5 Å². The summed E-state index contributed by atoms with van der Waals surface area (Å²) in [7, 11) is 0. The summed E-state index contributed by atoms with van der Waals surface area (Å²) in [6.45, 7) is 4.27. The van der Waals surface area contributed by atoms with E-state index >= 15 is 0 Å². The Balaban J connectivity index is 2.80. The molecule has 0 aliphatic heterocycles. The summed E-state index contributed by atoms with van der Waals surface area (Å²) >= 11 is 0. The van der Waals surface area contributed by atoms with Gasteiger partial charge in [0.25, 0.3) is 0 Å². The van der Waals surface area contributed by atoms with E-state index in [0.717, 1.165) is 12.0 Å². The summed E-state index contributed by atoms with van der Waals surface area (Å²) in [6.07, 6.45) is 2.66. The van der Waals surface area contributed by atoms with E-state index in [4.69, 9.17) is 11.5 Å². The van der Waals surface area contributed by atoms with E-state index in [1.165, 1.54) is 5.56 Å². The van der Waals surface area contributed by atoms with Crippen LogP contribution < -0.4 is 11.5 Å². The molecule has 2 heteroatoms. The zero-order chi connectivity index (χ0) is 9.68. The Labute approximate surface area is 79.2 Å². The van der Waals surface area contributed by atoms with Crippen molar-refractivity contribution >= 4 is 6.08 Å². The first-order chi connectivity index (χ1) is 6.27. The van der Waals surface area contributed by atoms with E-state index in [1.807, 2.05) is 24.3 Å². The molecule has 2 nitrogen and oxygen atoms in total. The predicted molar refractivity (Wildman–Crippen MR) is 57.3 cm³/mol. The number of nitrogens with two attached hydrogens (primary N) is 2. The molecule has 1 atom stereocenters. The Morgan fingerprint density at radius 2 is 2.08 bits per heavy atom. The molecule has 0 amide bonds. The second kappa shape index (κ2) is 4.80. The standard InChI is InChI=1S/C11H16N2/c1-2-9-5-3-4-6-10(9)7-11(13)8-12/h2-6,11H,1,7-8,12-13H2. The second-order valence-electron chi connectivity index (χ2n) is 3.10. The topological polar surface area (TPSA) is 52.0 Å². The molecule has 0 saturated carbocycles. The SMILES string of the molecule is C=Cc1ccccc1CC(N)CN. The zero-order valence-electron chi connectivity index (χ0n) is 7.74. The largest absolute Gasteiger partial charge is 0.329 e. The van der Waals surface area contributed by atoms with Crippen LogP contribution in [-0.2, 0) is 6.42 Å². The zero-order valence-corrected chi connectivity index (χ0v) is 7.74. The van der Waals surface area contributed by atoms with Crippen molar-refractivity contribution in [2.75, 3.05) is 6.54 Å². The van der Waals surface area contributed by atoms with E-state index in [0.29, 0.717) is 6.54 Å². The summed E-state index contributed by atoms with van der Waals surface area (Å²) in [5.41, 5.74) is 13.6. The molecule has 1 unspecified atom stereocenters. The highest BCUT2D eigenvalue weighted by molar-refractivity contribution is 5.51. The van der Waals surface area contributed by atoms with Crippen LogP contribution in [0.4, 0.5) is 0 Å². The smallest absolute Gasteiger partial charge is 0.0204 e. The molecular formula is C11H16N2. The molecule has 4 N–H and O–H groups in total. The lowest BCUT2D eigenvalue weighted by molar-refractivity contribution is 0.678. The van der Waals surface area contributed by atoms with E-state index in [-0.39, 0.29) is 6.04 Å². The fourth-order valence-electron chi connectivity index (χ4n) is 1.29. The first kappa shape index (κ1) is 9.96. The van der Waals surface area contributed by atoms with Gasteiger partial charge in [-0.05, 0) is 17.5 Å². The summed E-state index contributed by atoms with van der Waals surface area (Å²) in [6, 6.07) is 8.14. The Hall–Kier alpha value is -1.12. The first-order valence-corrected chi connectivity index (χ1v) is 4.44. The van der Waals surface area contributed by atoms with Gasteiger partial charge in [-0.25, -0.2) is 0 Å². The van der Waals surface area contributed by atoms with Crippen LogP contribution in [0.3, 0.4) is 0 Å². The van der Waals surface area contributed by atoms with Gasteiger partial charge in [-0.1, -0.05) is 36.9 Å². The summed E-state index contributed by atoms with van der Waals surface area (Å²) < 4.78 is 0. The number of benzene rings is 1. The van der Waals surface area contributed by atoms with E-state index in [2.05, 4.69) is 12.6 Å². The van der Waals surface area contributed by atoms with Crippen LogP contribution in [0.2, 0.25) is 0 Å². The van der Waals surface area contributed by atoms with Crippen LogP contribution in [0, 0.1) is 0 Å². The van der Waals surface area contributed by atoms with Crippen LogP contribution in [-0.4, -0.2) is 12.6 Å². The van der Waals surface area contributed by atoms with Crippen molar-refractivity contribution in [3.05, 3.63) is 42.0 Å². The fourth-order valence-corrected chi connectivity index (χ4v) is 1.29. The lowest BCUT2D eigenvalue weighted by Gasteiger charge is -2.10. The van der Waals surface area contributed by atoms with Gasteiger partial charge in [-0.3, -0.25) is 0 Å². The number of hydrogen-bond acceptors (Lipinski definition) is 2. The van der Waals surface area contributed by atoms with Crippen LogP contribution in [0.5, 0.6) is 0 Å². The van der Waals surface area contributed by atoms with Gasteiger partial charge in [-0.2, -0.15) is 0 Å². The second-order valence-corrected chi connectivity index (χ2v) is 3.10.